The first-order valence-corrected chi connectivity index (χ1v) is 11.0. The Kier molecular flexibility index (Phi) is 10.1. The van der Waals surface area contributed by atoms with E-state index in [9.17, 15) is 18.0 Å². The highest BCUT2D eigenvalue weighted by atomic mass is 35.5. The van der Waals surface area contributed by atoms with Crippen LogP contribution in [0.1, 0.15) is 23.7 Å². The van der Waals surface area contributed by atoms with Crippen LogP contribution in [0.5, 0.6) is 5.88 Å². The number of piperidine rings is 1. The Bertz CT molecular complexity index is 1250. The zero-order chi connectivity index (χ0) is 25.3. The van der Waals surface area contributed by atoms with E-state index in [0.29, 0.717) is 24.7 Å². The van der Waals surface area contributed by atoms with Gasteiger partial charge in [0.2, 0.25) is 5.88 Å². The van der Waals surface area contributed by atoms with Gasteiger partial charge in [0.15, 0.2) is 0 Å². The summed E-state index contributed by atoms with van der Waals surface area (Å²) in [5.41, 5.74) is 4.55. The minimum atomic E-state index is -1.39. The van der Waals surface area contributed by atoms with E-state index in [4.69, 9.17) is 10.5 Å². The molecule has 1 amide bonds. The summed E-state index contributed by atoms with van der Waals surface area (Å²) in [6.45, 7) is 3.23. The molecule has 1 fully saturated rings. The number of methoxy groups -OCH3 is 1. The topological polar surface area (TPSA) is 80.5 Å². The second-order valence-electron chi connectivity index (χ2n) is 8.58. The number of amides is 1. The maximum absolute atomic E-state index is 15.3. The molecule has 6 nitrogen and oxygen atoms in total. The zero-order valence-electron chi connectivity index (χ0n) is 19.9. The van der Waals surface area contributed by atoms with Crippen LogP contribution in [0, 0.1) is 29.2 Å². The largest absolute Gasteiger partial charge is 0.481 e. The van der Waals surface area contributed by atoms with Gasteiger partial charge >= 0.3 is 0 Å². The number of nitrogens with zero attached hydrogens (tertiary/aromatic N) is 2. The SMILES string of the molecule is COc1cc(N2C[C@H](C)C[C@H](N)C2)c(NC(=O)c2ccc(F)c(-c3c(F)cccc3F)c2F)cn1.Cl.Cl. The highest BCUT2D eigenvalue weighted by molar-refractivity contribution is 6.06. The molecule has 12 heteroatoms. The maximum atomic E-state index is 15.3. The Morgan fingerprint density at radius 3 is 2.32 bits per heavy atom. The Hall–Kier alpha value is -3.08. The zero-order valence-corrected chi connectivity index (χ0v) is 21.6. The van der Waals surface area contributed by atoms with E-state index in [-0.39, 0.29) is 42.5 Å². The number of pyridine rings is 1. The van der Waals surface area contributed by atoms with E-state index in [1.54, 1.807) is 6.07 Å². The van der Waals surface area contributed by atoms with Gasteiger partial charge in [-0.2, -0.15) is 0 Å². The number of nitrogens with one attached hydrogen (secondary N) is 1. The number of halogens is 6. The number of carbonyl (C=O) groups excluding carboxylic acids is 1. The molecule has 0 spiro atoms. The lowest BCUT2D eigenvalue weighted by Crippen LogP contribution is -2.46. The molecule has 1 saturated heterocycles. The number of hydrogen-bond donors (Lipinski definition) is 2. The molecule has 1 aliphatic heterocycles. The van der Waals surface area contributed by atoms with Crippen molar-refractivity contribution < 1.29 is 27.1 Å². The van der Waals surface area contributed by atoms with E-state index in [2.05, 4.69) is 17.2 Å². The van der Waals surface area contributed by atoms with Crippen LogP contribution in [0.15, 0.2) is 42.6 Å². The van der Waals surface area contributed by atoms with Gasteiger partial charge in [0.05, 0.1) is 41.4 Å². The van der Waals surface area contributed by atoms with E-state index >= 15 is 4.39 Å². The van der Waals surface area contributed by atoms with Crippen LogP contribution < -0.4 is 20.7 Å². The minimum Gasteiger partial charge on any atom is -0.481 e. The van der Waals surface area contributed by atoms with Crippen LogP contribution in [0.2, 0.25) is 0 Å². The van der Waals surface area contributed by atoms with Crippen LogP contribution in [-0.2, 0) is 0 Å². The van der Waals surface area contributed by atoms with Crippen molar-refractivity contribution in [3.63, 3.8) is 0 Å². The summed E-state index contributed by atoms with van der Waals surface area (Å²) in [7, 11) is 1.45. The van der Waals surface area contributed by atoms with Gasteiger partial charge in [-0.15, -0.1) is 24.8 Å². The van der Waals surface area contributed by atoms with Crippen molar-refractivity contribution in [2.75, 3.05) is 30.4 Å². The van der Waals surface area contributed by atoms with Crippen molar-refractivity contribution >= 4 is 42.1 Å². The molecule has 200 valence electrons. The van der Waals surface area contributed by atoms with E-state index in [1.807, 2.05) is 4.90 Å². The molecule has 3 N–H and O–H groups in total. The average molecular weight is 561 g/mol. The standard InChI is InChI=1S/C25H24F4N4O2.2ClH/c1-13-8-14(30)12-33(11-13)20-9-21(35-2)31-10-19(20)32-25(34)15-6-7-18(28)23(24(15)29)22-16(26)4-3-5-17(22)27;;/h3-7,9-10,13-14H,8,11-12,30H2,1-2H3,(H,32,34);2*1H/t13-,14+;;/m1../s1. The van der Waals surface area contributed by atoms with Gasteiger partial charge < -0.3 is 20.7 Å². The second-order valence-corrected chi connectivity index (χ2v) is 8.58. The smallest absolute Gasteiger partial charge is 0.258 e. The lowest BCUT2D eigenvalue weighted by molar-refractivity contribution is 0.102. The third-order valence-electron chi connectivity index (χ3n) is 5.90. The molecule has 4 rings (SSSR count). The van der Waals surface area contributed by atoms with E-state index < -0.39 is 45.9 Å². The number of anilines is 2. The lowest BCUT2D eigenvalue weighted by atomic mass is 9.96. The van der Waals surface area contributed by atoms with Gasteiger partial charge in [0.1, 0.15) is 23.3 Å². The number of ether oxygens (including phenoxy) is 1. The quantitative estimate of drug-likeness (QED) is 0.398. The predicted octanol–water partition coefficient (Wildman–Crippen LogP) is 5.58. The fraction of sp³-hybridized carbons (Fsp3) is 0.280. The van der Waals surface area contributed by atoms with E-state index in [0.717, 1.165) is 36.8 Å². The fourth-order valence-electron chi connectivity index (χ4n) is 4.38. The Labute approximate surface area is 224 Å². The molecule has 0 saturated carbocycles. The molecular weight excluding hydrogens is 535 g/mol. The van der Waals surface area contributed by atoms with Crippen molar-refractivity contribution in [2.45, 2.75) is 19.4 Å². The van der Waals surface area contributed by atoms with Crippen LogP contribution in [0.4, 0.5) is 28.9 Å². The van der Waals surface area contributed by atoms with Crippen molar-refractivity contribution in [3.05, 3.63) is 71.4 Å². The molecule has 2 heterocycles. The van der Waals surface area contributed by atoms with Crippen molar-refractivity contribution in [2.24, 2.45) is 11.7 Å². The number of rotatable bonds is 5. The van der Waals surface area contributed by atoms with Crippen LogP contribution >= 0.6 is 24.8 Å². The first-order valence-electron chi connectivity index (χ1n) is 11.0. The number of aromatic nitrogens is 1. The Morgan fingerprint density at radius 1 is 1.05 bits per heavy atom. The monoisotopic (exact) mass is 560 g/mol. The molecule has 0 bridgehead atoms. The fourth-order valence-corrected chi connectivity index (χ4v) is 4.38. The molecule has 0 unspecified atom stereocenters. The molecule has 0 radical (unpaired) electrons. The number of hydrogen-bond acceptors (Lipinski definition) is 5. The normalized spacial score (nSPS) is 16.9. The number of nitrogens with two attached hydrogens (primary N) is 1. The minimum absolute atomic E-state index is 0. The highest BCUT2D eigenvalue weighted by Crippen LogP contribution is 2.35. The van der Waals surface area contributed by atoms with Crippen molar-refractivity contribution in [3.8, 4) is 17.0 Å². The van der Waals surface area contributed by atoms with Gasteiger partial charge in [0, 0.05) is 25.2 Å². The predicted molar refractivity (Wildman–Crippen MR) is 139 cm³/mol. The molecule has 2 aromatic carbocycles. The van der Waals surface area contributed by atoms with Crippen LogP contribution in [0.3, 0.4) is 0 Å². The molecular formula is C25H26Cl2F4N4O2. The first-order chi connectivity index (χ1) is 16.7. The first kappa shape index (κ1) is 30.1. The Morgan fingerprint density at radius 2 is 1.70 bits per heavy atom. The molecule has 1 aliphatic rings. The second kappa shape index (κ2) is 12.4. The van der Waals surface area contributed by atoms with Gasteiger partial charge in [-0.05, 0) is 36.6 Å². The Balaban J connectivity index is 0.00000241. The van der Waals surface area contributed by atoms with Crippen molar-refractivity contribution in [1.29, 1.82) is 0 Å². The molecule has 37 heavy (non-hydrogen) atoms. The summed E-state index contributed by atoms with van der Waals surface area (Å²) in [6.07, 6.45) is 2.20. The summed E-state index contributed by atoms with van der Waals surface area (Å²) in [5, 5.41) is 2.58. The maximum Gasteiger partial charge on any atom is 0.258 e. The summed E-state index contributed by atoms with van der Waals surface area (Å²) in [6, 6.07) is 6.07. The van der Waals surface area contributed by atoms with Crippen LogP contribution in [-0.4, -0.2) is 37.1 Å². The number of carbonyl (C=O) groups is 1. The van der Waals surface area contributed by atoms with Crippen LogP contribution in [0.25, 0.3) is 11.1 Å². The van der Waals surface area contributed by atoms with Gasteiger partial charge in [-0.25, -0.2) is 22.5 Å². The van der Waals surface area contributed by atoms with Gasteiger partial charge in [-0.3, -0.25) is 4.79 Å². The van der Waals surface area contributed by atoms with Gasteiger partial charge in [-0.1, -0.05) is 13.0 Å². The molecule has 1 aromatic heterocycles. The summed E-state index contributed by atoms with van der Waals surface area (Å²) >= 11 is 0. The van der Waals surface area contributed by atoms with E-state index in [1.165, 1.54) is 13.3 Å². The number of benzene rings is 2. The highest BCUT2D eigenvalue weighted by Gasteiger charge is 2.27. The third kappa shape index (κ3) is 6.26. The molecule has 3 aromatic rings. The average Bonchev–Trinajstić information content (AvgIpc) is 2.80. The lowest BCUT2D eigenvalue weighted by Gasteiger charge is -2.37. The summed E-state index contributed by atoms with van der Waals surface area (Å²) in [5.74, 6) is -5.25. The van der Waals surface area contributed by atoms with Crippen molar-refractivity contribution in [1.82, 2.24) is 4.98 Å². The molecule has 2 atom stereocenters. The molecule has 0 aliphatic carbocycles. The summed E-state index contributed by atoms with van der Waals surface area (Å²) < 4.78 is 63.5. The summed E-state index contributed by atoms with van der Waals surface area (Å²) in [4.78, 5) is 19.1. The van der Waals surface area contributed by atoms with Gasteiger partial charge in [0.25, 0.3) is 5.91 Å². The third-order valence-corrected chi connectivity index (χ3v) is 5.90.